The van der Waals surface area contributed by atoms with Gasteiger partial charge in [-0.15, -0.1) is 0 Å². The zero-order chi connectivity index (χ0) is 25.3. The smallest absolute Gasteiger partial charge is 0.135 e. The number of rotatable bonds is 20. The number of ether oxygens (including phenoxy) is 8. The third-order valence-electron chi connectivity index (χ3n) is 5.39. The molecule has 0 saturated carbocycles. The minimum atomic E-state index is 0.437. The minimum Gasteiger partial charge on any atom is -0.490 e. The van der Waals surface area contributed by atoms with Gasteiger partial charge in [-0.2, -0.15) is 0 Å². The van der Waals surface area contributed by atoms with Gasteiger partial charge in [0.05, 0.1) is 66.1 Å². The summed E-state index contributed by atoms with van der Waals surface area (Å²) in [5, 5.41) is 4.01. The third kappa shape index (κ3) is 8.89. The molecule has 0 aliphatic carbocycles. The summed E-state index contributed by atoms with van der Waals surface area (Å²) in [4.78, 5) is 0. The lowest BCUT2D eigenvalue weighted by molar-refractivity contribution is 0.0180. The zero-order valence-electron chi connectivity index (χ0n) is 21.4. The van der Waals surface area contributed by atoms with Gasteiger partial charge in [-0.1, -0.05) is 48.5 Å². The lowest BCUT2D eigenvalue weighted by Crippen LogP contribution is -2.13. The van der Waals surface area contributed by atoms with Crippen molar-refractivity contribution in [3.05, 3.63) is 48.5 Å². The summed E-state index contributed by atoms with van der Waals surface area (Å²) < 4.78 is 44.5. The molecule has 0 N–H and O–H groups in total. The molecular weight excluding hydrogens is 464 g/mol. The molecule has 0 radical (unpaired) electrons. The van der Waals surface area contributed by atoms with Gasteiger partial charge < -0.3 is 37.9 Å². The zero-order valence-corrected chi connectivity index (χ0v) is 21.4. The Morgan fingerprint density at radius 1 is 0.389 bits per heavy atom. The highest BCUT2D eigenvalue weighted by atomic mass is 16.6. The average molecular weight is 503 g/mol. The predicted molar refractivity (Wildman–Crippen MR) is 139 cm³/mol. The molecule has 0 unspecified atom stereocenters. The fourth-order valence-corrected chi connectivity index (χ4v) is 3.69. The molecule has 198 valence electrons. The first-order valence-electron chi connectivity index (χ1n) is 12.3. The topological polar surface area (TPSA) is 73.8 Å². The molecular formula is C28H38O8. The predicted octanol–water partition coefficient (Wildman–Crippen LogP) is 4.11. The molecule has 3 aromatic carbocycles. The summed E-state index contributed by atoms with van der Waals surface area (Å²) in [7, 11) is 3.31. The normalized spacial score (nSPS) is 11.4. The number of hydrogen-bond donors (Lipinski definition) is 0. The highest BCUT2D eigenvalue weighted by Gasteiger charge is 2.15. The number of fused-ring (bicyclic) bond motifs is 2. The van der Waals surface area contributed by atoms with Crippen molar-refractivity contribution in [3.63, 3.8) is 0 Å². The molecule has 36 heavy (non-hydrogen) atoms. The Kier molecular flexibility index (Phi) is 13.3. The maximum atomic E-state index is 6.24. The van der Waals surface area contributed by atoms with Gasteiger partial charge in [0.2, 0.25) is 0 Å². The van der Waals surface area contributed by atoms with E-state index in [0.717, 1.165) is 33.0 Å². The van der Waals surface area contributed by atoms with Gasteiger partial charge in [-0.05, 0) is 0 Å². The second kappa shape index (κ2) is 17.1. The monoisotopic (exact) mass is 502 g/mol. The van der Waals surface area contributed by atoms with Gasteiger partial charge >= 0.3 is 0 Å². The van der Waals surface area contributed by atoms with Gasteiger partial charge in [0.15, 0.2) is 0 Å². The van der Waals surface area contributed by atoms with Crippen LogP contribution in [0.1, 0.15) is 0 Å². The molecule has 0 aliphatic rings. The van der Waals surface area contributed by atoms with E-state index in [2.05, 4.69) is 24.3 Å². The minimum absolute atomic E-state index is 0.437. The van der Waals surface area contributed by atoms with Crippen LogP contribution in [-0.4, -0.2) is 93.5 Å². The van der Waals surface area contributed by atoms with Crippen molar-refractivity contribution < 1.29 is 37.9 Å². The lowest BCUT2D eigenvalue weighted by atomic mass is 10.0. The Labute approximate surface area is 213 Å². The highest BCUT2D eigenvalue weighted by Crippen LogP contribution is 2.42. The Morgan fingerprint density at radius 2 is 0.667 bits per heavy atom. The summed E-state index contributed by atoms with van der Waals surface area (Å²) >= 11 is 0. The molecule has 0 spiro atoms. The lowest BCUT2D eigenvalue weighted by Gasteiger charge is -2.18. The molecule has 3 aromatic rings. The Morgan fingerprint density at radius 3 is 0.972 bits per heavy atom. The fraction of sp³-hybridized carbons (Fsp3) is 0.500. The van der Waals surface area contributed by atoms with Gasteiger partial charge in [-0.3, -0.25) is 0 Å². The van der Waals surface area contributed by atoms with Crippen molar-refractivity contribution in [3.8, 4) is 11.5 Å². The second-order valence-electron chi connectivity index (χ2n) is 7.88. The Balaban J connectivity index is 1.58. The largest absolute Gasteiger partial charge is 0.490 e. The molecule has 8 heteroatoms. The number of methoxy groups -OCH3 is 2. The molecule has 8 nitrogen and oxygen atoms in total. The summed E-state index contributed by atoms with van der Waals surface area (Å²) in [6.07, 6.45) is 0. The van der Waals surface area contributed by atoms with Crippen LogP contribution in [0.15, 0.2) is 48.5 Å². The molecule has 0 saturated heterocycles. The van der Waals surface area contributed by atoms with E-state index in [1.807, 2.05) is 24.3 Å². The van der Waals surface area contributed by atoms with Crippen molar-refractivity contribution in [2.75, 3.05) is 93.5 Å². The van der Waals surface area contributed by atoms with E-state index in [9.17, 15) is 0 Å². The van der Waals surface area contributed by atoms with E-state index in [1.165, 1.54) is 0 Å². The van der Waals surface area contributed by atoms with Crippen molar-refractivity contribution in [2.45, 2.75) is 0 Å². The molecule has 0 atom stereocenters. The van der Waals surface area contributed by atoms with Crippen LogP contribution in [0, 0.1) is 0 Å². The van der Waals surface area contributed by atoms with E-state index in [1.54, 1.807) is 14.2 Å². The molecule has 0 aromatic heterocycles. The Bertz CT molecular complexity index is 872. The second-order valence-corrected chi connectivity index (χ2v) is 7.88. The molecule has 0 amide bonds. The van der Waals surface area contributed by atoms with Crippen molar-refractivity contribution >= 4 is 21.5 Å². The molecule has 0 heterocycles. The number of benzene rings is 3. The maximum absolute atomic E-state index is 6.24. The first-order chi connectivity index (χ1) is 17.9. The van der Waals surface area contributed by atoms with Crippen LogP contribution in [0.4, 0.5) is 0 Å². The van der Waals surface area contributed by atoms with E-state index < -0.39 is 0 Å². The van der Waals surface area contributed by atoms with Gasteiger partial charge in [0.1, 0.15) is 24.7 Å². The van der Waals surface area contributed by atoms with Crippen LogP contribution in [0.25, 0.3) is 21.5 Å². The number of hydrogen-bond acceptors (Lipinski definition) is 8. The quantitative estimate of drug-likeness (QED) is 0.169. The van der Waals surface area contributed by atoms with E-state index in [-0.39, 0.29) is 0 Å². The first-order valence-corrected chi connectivity index (χ1v) is 12.3. The molecule has 0 aliphatic heterocycles. The Hall–Kier alpha value is -2.46. The fourth-order valence-electron chi connectivity index (χ4n) is 3.69. The van der Waals surface area contributed by atoms with E-state index >= 15 is 0 Å². The van der Waals surface area contributed by atoms with Gasteiger partial charge in [0, 0.05) is 35.8 Å². The highest BCUT2D eigenvalue weighted by molar-refractivity contribution is 6.11. The van der Waals surface area contributed by atoms with E-state index in [0.29, 0.717) is 79.3 Å². The van der Waals surface area contributed by atoms with E-state index in [4.69, 9.17) is 37.9 Å². The summed E-state index contributed by atoms with van der Waals surface area (Å²) in [5.41, 5.74) is 0. The van der Waals surface area contributed by atoms with Crippen molar-refractivity contribution in [2.24, 2.45) is 0 Å². The third-order valence-corrected chi connectivity index (χ3v) is 5.39. The average Bonchev–Trinajstić information content (AvgIpc) is 2.91. The van der Waals surface area contributed by atoms with Crippen LogP contribution >= 0.6 is 0 Å². The molecule has 0 bridgehead atoms. The van der Waals surface area contributed by atoms with Gasteiger partial charge in [-0.25, -0.2) is 0 Å². The summed E-state index contributed by atoms with van der Waals surface area (Å²) in [6, 6.07) is 16.3. The molecule has 0 fully saturated rings. The van der Waals surface area contributed by atoms with Crippen molar-refractivity contribution in [1.29, 1.82) is 0 Å². The van der Waals surface area contributed by atoms with Crippen LogP contribution < -0.4 is 9.47 Å². The summed E-state index contributed by atoms with van der Waals surface area (Å²) in [6.45, 7) is 6.22. The SMILES string of the molecule is COCCOCCOCCOc1c2ccccc2c(OCCOCCOCCOC)c2ccccc12. The van der Waals surface area contributed by atoms with Crippen LogP contribution in [0.2, 0.25) is 0 Å². The van der Waals surface area contributed by atoms with Crippen LogP contribution in [0.3, 0.4) is 0 Å². The van der Waals surface area contributed by atoms with Crippen LogP contribution in [-0.2, 0) is 28.4 Å². The first kappa shape index (κ1) is 28.1. The van der Waals surface area contributed by atoms with Crippen molar-refractivity contribution in [1.82, 2.24) is 0 Å². The molecule has 3 rings (SSSR count). The summed E-state index contributed by atoms with van der Waals surface area (Å²) in [5.74, 6) is 1.66. The van der Waals surface area contributed by atoms with Gasteiger partial charge in [0.25, 0.3) is 0 Å². The standard InChI is InChI=1S/C28H38O8/c1-29-11-13-31-15-17-33-19-21-35-27-23-7-3-5-9-25(23)28(26-10-6-4-8-24(26)27)36-22-20-34-18-16-32-14-12-30-2/h3-10H,11-22H2,1-2H3. The van der Waals surface area contributed by atoms with Crippen LogP contribution in [0.5, 0.6) is 11.5 Å². The maximum Gasteiger partial charge on any atom is 0.135 e.